The molecule has 0 spiro atoms. The molecule has 0 atom stereocenters. The Labute approximate surface area is 336 Å². The van der Waals surface area contributed by atoms with Crippen LogP contribution < -0.4 is 9.80 Å². The van der Waals surface area contributed by atoms with Gasteiger partial charge in [0.15, 0.2) is 0 Å². The Bertz CT molecular complexity index is 2380. The summed E-state index contributed by atoms with van der Waals surface area (Å²) in [5, 5.41) is 5.14. The van der Waals surface area contributed by atoms with Crippen LogP contribution in [0.3, 0.4) is 0 Å². The number of hydrogen-bond acceptors (Lipinski definition) is 2. The monoisotopic (exact) mass is 736 g/mol. The van der Waals surface area contributed by atoms with Crippen LogP contribution in [-0.2, 0) is 10.8 Å². The molecule has 7 rings (SSSR count). The zero-order chi connectivity index (χ0) is 40.4. The summed E-state index contributed by atoms with van der Waals surface area (Å²) in [6.07, 6.45) is 0. The Hall–Kier alpha value is -5.34. The Morgan fingerprint density at radius 2 is 0.607 bits per heavy atom. The van der Waals surface area contributed by atoms with Crippen molar-refractivity contribution in [2.45, 2.75) is 108 Å². The molecule has 286 valence electrons. The van der Waals surface area contributed by atoms with Gasteiger partial charge in [-0.1, -0.05) is 113 Å². The Morgan fingerprint density at radius 3 is 0.893 bits per heavy atom. The molecule has 0 heterocycles. The van der Waals surface area contributed by atoms with Crippen LogP contribution in [0.2, 0.25) is 0 Å². The SMILES string of the molecule is Cc1ccc(N(c2ccc3c(c2)c(C)c(C)c2cc(N(c4ccc(C)cc4)c4c(C)cc(C(C)(C)C)cc4C)ccc23)c2c(C)cc(C(C)(C)C)cc2C)cc1. The molecule has 0 saturated carbocycles. The van der Waals surface area contributed by atoms with Gasteiger partial charge < -0.3 is 9.80 Å². The maximum Gasteiger partial charge on any atom is 0.0520 e. The van der Waals surface area contributed by atoms with Crippen molar-refractivity contribution >= 4 is 55.7 Å². The van der Waals surface area contributed by atoms with Crippen LogP contribution in [0.4, 0.5) is 34.1 Å². The average molecular weight is 737 g/mol. The van der Waals surface area contributed by atoms with E-state index in [4.69, 9.17) is 0 Å². The minimum absolute atomic E-state index is 0.0763. The predicted octanol–water partition coefficient (Wildman–Crippen LogP) is 16.0. The molecule has 7 aromatic carbocycles. The van der Waals surface area contributed by atoms with Gasteiger partial charge in [-0.3, -0.25) is 0 Å². The lowest BCUT2D eigenvalue weighted by molar-refractivity contribution is 0.589. The molecule has 0 aliphatic heterocycles. The van der Waals surface area contributed by atoms with Crippen molar-refractivity contribution in [3.63, 3.8) is 0 Å². The molecule has 0 saturated heterocycles. The van der Waals surface area contributed by atoms with Gasteiger partial charge in [0.2, 0.25) is 0 Å². The van der Waals surface area contributed by atoms with Crippen molar-refractivity contribution in [1.82, 2.24) is 0 Å². The first-order valence-corrected chi connectivity index (χ1v) is 20.3. The molecule has 0 aromatic heterocycles. The lowest BCUT2D eigenvalue weighted by Crippen LogP contribution is -2.16. The van der Waals surface area contributed by atoms with Crippen molar-refractivity contribution in [3.05, 3.63) is 165 Å². The van der Waals surface area contributed by atoms with Crippen LogP contribution >= 0.6 is 0 Å². The Kier molecular flexibility index (Phi) is 9.94. The molecule has 56 heavy (non-hydrogen) atoms. The van der Waals surface area contributed by atoms with Crippen LogP contribution in [0.5, 0.6) is 0 Å². The Morgan fingerprint density at radius 1 is 0.321 bits per heavy atom. The second-order valence-corrected chi connectivity index (χ2v) is 18.5. The van der Waals surface area contributed by atoms with Crippen molar-refractivity contribution in [2.24, 2.45) is 0 Å². The zero-order valence-corrected chi connectivity index (χ0v) is 36.3. The number of fused-ring (bicyclic) bond motifs is 3. The first-order valence-electron chi connectivity index (χ1n) is 20.3. The lowest BCUT2D eigenvalue weighted by Gasteiger charge is -2.32. The van der Waals surface area contributed by atoms with Crippen molar-refractivity contribution in [3.8, 4) is 0 Å². The van der Waals surface area contributed by atoms with Crippen molar-refractivity contribution in [2.75, 3.05) is 9.80 Å². The van der Waals surface area contributed by atoms with Crippen LogP contribution in [0, 0.1) is 55.4 Å². The van der Waals surface area contributed by atoms with Gasteiger partial charge in [-0.15, -0.1) is 0 Å². The molecule has 0 bridgehead atoms. The van der Waals surface area contributed by atoms with E-state index in [0.717, 1.165) is 0 Å². The molecule has 2 heteroatoms. The highest BCUT2D eigenvalue weighted by molar-refractivity contribution is 6.12. The fourth-order valence-corrected chi connectivity index (χ4v) is 8.52. The highest BCUT2D eigenvalue weighted by Crippen LogP contribution is 2.46. The highest BCUT2D eigenvalue weighted by Gasteiger charge is 2.24. The van der Waals surface area contributed by atoms with Gasteiger partial charge in [-0.2, -0.15) is 0 Å². The summed E-state index contributed by atoms with van der Waals surface area (Å²) in [6, 6.07) is 41.6. The van der Waals surface area contributed by atoms with E-state index in [0.29, 0.717) is 0 Å². The fourth-order valence-electron chi connectivity index (χ4n) is 8.52. The van der Waals surface area contributed by atoms with Gasteiger partial charge >= 0.3 is 0 Å². The summed E-state index contributed by atoms with van der Waals surface area (Å²) in [5.74, 6) is 0. The number of benzene rings is 7. The third kappa shape index (κ3) is 7.11. The van der Waals surface area contributed by atoms with Gasteiger partial charge in [-0.25, -0.2) is 0 Å². The number of anilines is 6. The van der Waals surface area contributed by atoms with Crippen LogP contribution in [0.15, 0.2) is 109 Å². The van der Waals surface area contributed by atoms with Gasteiger partial charge in [0.05, 0.1) is 11.4 Å². The fraction of sp³-hybridized carbons (Fsp3) is 0.296. The van der Waals surface area contributed by atoms with E-state index < -0.39 is 0 Å². The van der Waals surface area contributed by atoms with E-state index in [1.165, 1.54) is 111 Å². The van der Waals surface area contributed by atoms with Crippen LogP contribution in [0.25, 0.3) is 21.5 Å². The van der Waals surface area contributed by atoms with E-state index in [1.54, 1.807) is 0 Å². The van der Waals surface area contributed by atoms with Gasteiger partial charge in [0.1, 0.15) is 0 Å². The van der Waals surface area contributed by atoms with Crippen molar-refractivity contribution in [1.29, 1.82) is 0 Å². The van der Waals surface area contributed by atoms with Gasteiger partial charge in [-0.05, 0) is 181 Å². The number of rotatable bonds is 6. The molecule has 0 amide bonds. The summed E-state index contributed by atoms with van der Waals surface area (Å²) in [6.45, 7) is 31.8. The van der Waals surface area contributed by atoms with E-state index >= 15 is 0 Å². The molecule has 0 aliphatic rings. The predicted molar refractivity (Wildman–Crippen MR) is 246 cm³/mol. The molecular formula is C54H60N2. The third-order valence-corrected chi connectivity index (χ3v) is 11.9. The molecule has 7 aromatic rings. The number of nitrogens with zero attached hydrogens (tertiary/aromatic N) is 2. The number of hydrogen-bond donors (Lipinski definition) is 0. The van der Waals surface area contributed by atoms with Gasteiger partial charge in [0.25, 0.3) is 0 Å². The summed E-state index contributed by atoms with van der Waals surface area (Å²) < 4.78 is 0. The maximum absolute atomic E-state index is 2.47. The summed E-state index contributed by atoms with van der Waals surface area (Å²) >= 11 is 0. The number of aryl methyl sites for hydroxylation is 8. The zero-order valence-electron chi connectivity index (χ0n) is 36.3. The molecule has 2 nitrogen and oxygen atoms in total. The lowest BCUT2D eigenvalue weighted by atomic mass is 9.84. The molecule has 0 radical (unpaired) electrons. The molecule has 0 fully saturated rings. The normalized spacial score (nSPS) is 12.1. The minimum atomic E-state index is 0.0763. The molecular weight excluding hydrogens is 677 g/mol. The smallest absolute Gasteiger partial charge is 0.0520 e. The third-order valence-electron chi connectivity index (χ3n) is 11.9. The van der Waals surface area contributed by atoms with Crippen molar-refractivity contribution < 1.29 is 0 Å². The largest absolute Gasteiger partial charge is 0.310 e. The first kappa shape index (κ1) is 38.9. The van der Waals surface area contributed by atoms with Crippen LogP contribution in [-0.4, -0.2) is 0 Å². The quantitative estimate of drug-likeness (QED) is 0.157. The second kappa shape index (κ2) is 14.3. The standard InChI is InChI=1S/C54H60N2/c1-33-15-19-43(20-16-33)55(51-35(3)27-41(28-36(51)4)53(9,10)11)45-23-25-47-48-26-24-46(32-50(48)40(8)39(7)49(47)31-45)56(44-21-17-34(2)18-22-44)52-37(5)29-42(30-38(52)6)54(12,13)14/h15-32H,1-14H3. The summed E-state index contributed by atoms with van der Waals surface area (Å²) in [4.78, 5) is 4.93. The van der Waals surface area contributed by atoms with Crippen LogP contribution in [0.1, 0.15) is 97.2 Å². The summed E-state index contributed by atoms with van der Waals surface area (Å²) in [7, 11) is 0. The summed E-state index contributed by atoms with van der Waals surface area (Å²) in [5.41, 5.74) is 20.3. The van der Waals surface area contributed by atoms with E-state index in [1.807, 2.05) is 0 Å². The second-order valence-electron chi connectivity index (χ2n) is 18.5. The highest BCUT2D eigenvalue weighted by atomic mass is 15.2. The van der Waals surface area contributed by atoms with E-state index in [-0.39, 0.29) is 10.8 Å². The first-order chi connectivity index (χ1) is 26.3. The van der Waals surface area contributed by atoms with E-state index in [2.05, 4.69) is 216 Å². The molecule has 0 aliphatic carbocycles. The van der Waals surface area contributed by atoms with Gasteiger partial charge in [0, 0.05) is 22.7 Å². The molecule has 0 N–H and O–H groups in total. The maximum atomic E-state index is 2.47. The minimum Gasteiger partial charge on any atom is -0.310 e. The average Bonchev–Trinajstić information content (AvgIpc) is 3.13. The molecule has 0 unspecified atom stereocenters. The van der Waals surface area contributed by atoms with E-state index in [9.17, 15) is 0 Å². The Balaban J connectivity index is 1.42. The topological polar surface area (TPSA) is 6.48 Å².